The highest BCUT2D eigenvalue weighted by molar-refractivity contribution is 8.00. The van der Waals surface area contributed by atoms with Crippen LogP contribution >= 0.6 is 34.7 Å². The third-order valence-electron chi connectivity index (χ3n) is 3.54. The van der Waals surface area contributed by atoms with Gasteiger partial charge in [0.1, 0.15) is 4.21 Å². The van der Waals surface area contributed by atoms with E-state index >= 15 is 0 Å². The van der Waals surface area contributed by atoms with Crippen molar-refractivity contribution in [3.8, 4) is 0 Å². The number of nitro benzene ring substituents is 1. The molecule has 3 rings (SSSR count). The van der Waals surface area contributed by atoms with Crippen molar-refractivity contribution in [3.63, 3.8) is 0 Å². The van der Waals surface area contributed by atoms with Crippen LogP contribution in [-0.2, 0) is 14.6 Å². The molecule has 150 valence electrons. The van der Waals surface area contributed by atoms with Gasteiger partial charge in [-0.05, 0) is 36.4 Å². The summed E-state index contributed by atoms with van der Waals surface area (Å²) in [7, 11) is -3.89. The van der Waals surface area contributed by atoms with Crippen molar-refractivity contribution >= 4 is 61.3 Å². The van der Waals surface area contributed by atoms with Gasteiger partial charge in [-0.25, -0.2) is 13.4 Å². The first-order valence-electron chi connectivity index (χ1n) is 7.89. The molecule has 3 aromatic rings. The van der Waals surface area contributed by atoms with Crippen molar-refractivity contribution in [2.45, 2.75) is 14.0 Å². The lowest BCUT2D eigenvalue weighted by molar-refractivity contribution is -0.384. The third kappa shape index (κ3) is 5.32. The van der Waals surface area contributed by atoms with E-state index in [9.17, 15) is 23.3 Å². The first kappa shape index (κ1) is 21.2. The van der Waals surface area contributed by atoms with Crippen LogP contribution in [-0.4, -0.2) is 30.0 Å². The summed E-state index contributed by atoms with van der Waals surface area (Å²) in [6.45, 7) is 0. The van der Waals surface area contributed by atoms with Crippen molar-refractivity contribution < 1.29 is 18.1 Å². The van der Waals surface area contributed by atoms with Gasteiger partial charge in [-0.2, -0.15) is 0 Å². The number of hydrogen-bond donors (Lipinski definition) is 1. The van der Waals surface area contributed by atoms with Crippen LogP contribution in [0.5, 0.6) is 0 Å². The van der Waals surface area contributed by atoms with Gasteiger partial charge >= 0.3 is 0 Å². The number of anilines is 1. The molecule has 1 N–H and O–H groups in total. The van der Waals surface area contributed by atoms with Crippen LogP contribution < -0.4 is 5.32 Å². The van der Waals surface area contributed by atoms with E-state index in [0.29, 0.717) is 5.02 Å². The highest BCUT2D eigenvalue weighted by Crippen LogP contribution is 2.29. The number of halogens is 1. The summed E-state index contributed by atoms with van der Waals surface area (Å²) in [5.41, 5.74) is -0.209. The topological polar surface area (TPSA) is 119 Å². The number of amides is 1. The minimum atomic E-state index is -3.89. The lowest BCUT2D eigenvalue weighted by Gasteiger charge is -2.02. The van der Waals surface area contributed by atoms with Gasteiger partial charge in [0.2, 0.25) is 15.7 Å². The van der Waals surface area contributed by atoms with E-state index in [-0.39, 0.29) is 31.6 Å². The molecule has 1 heterocycles. The number of thioether (sulfide) groups is 1. The van der Waals surface area contributed by atoms with Gasteiger partial charge in [0.05, 0.1) is 21.8 Å². The maximum absolute atomic E-state index is 12.6. The summed E-state index contributed by atoms with van der Waals surface area (Å²) in [6.07, 6.45) is 1.14. The Morgan fingerprint density at radius 3 is 2.45 bits per heavy atom. The number of aromatic nitrogens is 1. The first-order chi connectivity index (χ1) is 13.8. The molecule has 0 spiro atoms. The number of nitrogens with one attached hydrogen (secondary N) is 1. The molecule has 0 aliphatic carbocycles. The molecule has 0 unspecified atom stereocenters. The predicted molar refractivity (Wildman–Crippen MR) is 111 cm³/mol. The molecule has 8 nitrogen and oxygen atoms in total. The zero-order valence-electron chi connectivity index (χ0n) is 14.4. The van der Waals surface area contributed by atoms with Crippen molar-refractivity contribution in [2.24, 2.45) is 0 Å². The molecule has 12 heteroatoms. The largest absolute Gasteiger partial charge is 0.301 e. The summed E-state index contributed by atoms with van der Waals surface area (Å²) in [5, 5.41) is 14.0. The van der Waals surface area contributed by atoms with Gasteiger partial charge in [-0.15, -0.1) is 11.8 Å². The number of hydrogen-bond acceptors (Lipinski definition) is 8. The maximum Gasteiger partial charge on any atom is 0.269 e. The molecule has 2 aromatic carbocycles. The van der Waals surface area contributed by atoms with E-state index in [4.69, 9.17) is 11.6 Å². The average molecular weight is 470 g/mol. The Morgan fingerprint density at radius 2 is 1.83 bits per heavy atom. The van der Waals surface area contributed by atoms with Crippen LogP contribution in [0, 0.1) is 10.1 Å². The number of thiazole rings is 1. The monoisotopic (exact) mass is 469 g/mol. The molecule has 0 radical (unpaired) electrons. The highest BCUT2D eigenvalue weighted by Gasteiger charge is 2.22. The van der Waals surface area contributed by atoms with Gasteiger partial charge in [-0.1, -0.05) is 22.9 Å². The van der Waals surface area contributed by atoms with E-state index in [2.05, 4.69) is 10.3 Å². The number of carbonyl (C=O) groups is 1. The van der Waals surface area contributed by atoms with Gasteiger partial charge in [0.25, 0.3) is 5.69 Å². The smallest absolute Gasteiger partial charge is 0.269 e. The van der Waals surface area contributed by atoms with Gasteiger partial charge in [0.15, 0.2) is 5.13 Å². The molecule has 0 saturated heterocycles. The average Bonchev–Trinajstić information content (AvgIpc) is 3.17. The number of carbonyl (C=O) groups excluding carboxylic acids is 1. The van der Waals surface area contributed by atoms with Crippen molar-refractivity contribution in [3.05, 3.63) is 69.9 Å². The molecule has 29 heavy (non-hydrogen) atoms. The summed E-state index contributed by atoms with van der Waals surface area (Å²) >= 11 is 7.92. The quantitative estimate of drug-likeness (QED) is 0.311. The van der Waals surface area contributed by atoms with Crippen molar-refractivity contribution in [2.75, 3.05) is 11.1 Å². The zero-order chi connectivity index (χ0) is 21.0. The molecule has 0 aliphatic rings. The summed E-state index contributed by atoms with van der Waals surface area (Å²) in [6, 6.07) is 11.6. The Bertz CT molecular complexity index is 1150. The second-order valence-electron chi connectivity index (χ2n) is 5.53. The molecule has 0 atom stereocenters. The first-order valence-corrected chi connectivity index (χ1v) is 11.6. The number of benzene rings is 2. The van der Waals surface area contributed by atoms with E-state index in [0.717, 1.165) is 46.7 Å². The van der Waals surface area contributed by atoms with Crippen LogP contribution in [0.1, 0.15) is 0 Å². The van der Waals surface area contributed by atoms with Crippen molar-refractivity contribution in [1.29, 1.82) is 0 Å². The Kier molecular flexibility index (Phi) is 6.52. The van der Waals surface area contributed by atoms with E-state index in [1.54, 1.807) is 24.3 Å². The molecule has 1 aromatic heterocycles. The van der Waals surface area contributed by atoms with Crippen LogP contribution in [0.15, 0.2) is 68.7 Å². The normalized spacial score (nSPS) is 11.2. The standard InChI is InChI=1S/C17H12ClN3O5S3/c18-11-1-5-13(6-2-11)27-10-15(22)20-17-19-9-16(28-17)29(25,26)14-7-3-12(4-8-14)21(23)24/h1-9H,10H2,(H,19,20,22). The summed E-state index contributed by atoms with van der Waals surface area (Å²) < 4.78 is 25.2. The Morgan fingerprint density at radius 1 is 1.17 bits per heavy atom. The molecule has 1 amide bonds. The van der Waals surface area contributed by atoms with Crippen molar-refractivity contribution in [1.82, 2.24) is 4.98 Å². The third-order valence-corrected chi connectivity index (χ3v) is 7.94. The Labute approximate surface area is 179 Å². The lowest BCUT2D eigenvalue weighted by atomic mass is 10.3. The van der Waals surface area contributed by atoms with Gasteiger partial charge < -0.3 is 5.32 Å². The SMILES string of the molecule is O=C(CSc1ccc(Cl)cc1)Nc1ncc(S(=O)(=O)c2ccc([N+](=O)[O-])cc2)s1. The van der Waals surface area contributed by atoms with Gasteiger partial charge in [0, 0.05) is 22.1 Å². The summed E-state index contributed by atoms with van der Waals surface area (Å²) in [5.74, 6) is -0.218. The van der Waals surface area contributed by atoms with Crippen LogP contribution in [0.25, 0.3) is 0 Å². The maximum atomic E-state index is 12.6. The second kappa shape index (κ2) is 8.91. The predicted octanol–water partition coefficient (Wildman–Crippen LogP) is 4.27. The fourth-order valence-electron chi connectivity index (χ4n) is 2.14. The minimum absolute atomic E-state index is 0.0768. The molecule has 0 fully saturated rings. The fraction of sp³-hybridized carbons (Fsp3) is 0.0588. The van der Waals surface area contributed by atoms with E-state index in [1.165, 1.54) is 11.8 Å². The molecule has 0 bridgehead atoms. The van der Waals surface area contributed by atoms with E-state index < -0.39 is 14.8 Å². The van der Waals surface area contributed by atoms with Crippen LogP contribution in [0.3, 0.4) is 0 Å². The fourth-order valence-corrected chi connectivity index (χ4v) is 5.41. The Hall–Kier alpha value is -2.47. The number of sulfone groups is 1. The minimum Gasteiger partial charge on any atom is -0.301 e. The lowest BCUT2D eigenvalue weighted by Crippen LogP contribution is -2.13. The number of rotatable bonds is 7. The number of non-ortho nitro benzene ring substituents is 1. The van der Waals surface area contributed by atoms with Crippen LogP contribution in [0.4, 0.5) is 10.8 Å². The van der Waals surface area contributed by atoms with Crippen LogP contribution in [0.2, 0.25) is 5.02 Å². The summed E-state index contributed by atoms with van der Waals surface area (Å²) in [4.78, 5) is 26.9. The van der Waals surface area contributed by atoms with E-state index in [1.807, 2.05) is 0 Å². The van der Waals surface area contributed by atoms with Gasteiger partial charge in [-0.3, -0.25) is 14.9 Å². The molecule has 0 saturated carbocycles. The zero-order valence-corrected chi connectivity index (χ0v) is 17.6. The molecular formula is C17H12ClN3O5S3. The Balaban J connectivity index is 1.65. The molecular weight excluding hydrogens is 458 g/mol. The second-order valence-corrected chi connectivity index (χ2v) is 10.2. The highest BCUT2D eigenvalue weighted by atomic mass is 35.5. The molecule has 0 aliphatic heterocycles. The number of nitrogens with zero attached hydrogens (tertiary/aromatic N) is 2. The number of nitro groups is 1.